The van der Waals surface area contributed by atoms with Crippen LogP contribution in [0.4, 0.5) is 0 Å². The molecule has 0 spiro atoms. The van der Waals surface area contributed by atoms with Crippen LogP contribution in [0, 0.1) is 13.8 Å². The lowest BCUT2D eigenvalue weighted by atomic mass is 10.0. The monoisotopic (exact) mass is 274 g/mol. The third-order valence-electron chi connectivity index (χ3n) is 3.31. The second-order valence-electron chi connectivity index (χ2n) is 4.67. The molecule has 2 rings (SSSR count). The zero-order valence-electron chi connectivity index (χ0n) is 11.8. The topological polar surface area (TPSA) is 80.0 Å². The van der Waals surface area contributed by atoms with Crippen LogP contribution in [-0.2, 0) is 17.9 Å². The number of amides is 1. The molecule has 1 heterocycles. The van der Waals surface area contributed by atoms with Gasteiger partial charge in [0.1, 0.15) is 12.2 Å². The van der Waals surface area contributed by atoms with Crippen LogP contribution in [0.1, 0.15) is 16.8 Å². The Morgan fingerprint density at radius 2 is 2.10 bits per heavy atom. The van der Waals surface area contributed by atoms with Gasteiger partial charge >= 0.3 is 0 Å². The van der Waals surface area contributed by atoms with E-state index < -0.39 is 0 Å². The Hall–Kier alpha value is -2.21. The average molecular weight is 274 g/mol. The predicted molar refractivity (Wildman–Crippen MR) is 74.9 cm³/mol. The summed E-state index contributed by atoms with van der Waals surface area (Å²) in [5.41, 5.74) is 4.37. The Labute approximate surface area is 117 Å². The van der Waals surface area contributed by atoms with Crippen LogP contribution in [0.2, 0.25) is 0 Å². The standard InChI is InChI=1S/C14H18N4O2/c1-9-4-5-11(6-10(9)2)14-12(8-19)16-17-18(14)7-13(20)15-3/h4-6,19H,7-8H2,1-3H3,(H,15,20). The number of likely N-dealkylation sites (N-methyl/N-ethyl adjacent to an activating group) is 1. The van der Waals surface area contributed by atoms with Crippen molar-refractivity contribution < 1.29 is 9.90 Å². The van der Waals surface area contributed by atoms with Gasteiger partial charge in [0.05, 0.1) is 12.3 Å². The van der Waals surface area contributed by atoms with Crippen LogP contribution in [0.3, 0.4) is 0 Å². The van der Waals surface area contributed by atoms with Crippen LogP contribution in [0.5, 0.6) is 0 Å². The Kier molecular flexibility index (Phi) is 4.14. The van der Waals surface area contributed by atoms with Crippen molar-refractivity contribution in [2.75, 3.05) is 7.05 Å². The molecule has 20 heavy (non-hydrogen) atoms. The Bertz CT molecular complexity index is 634. The van der Waals surface area contributed by atoms with Crippen molar-refractivity contribution in [1.29, 1.82) is 0 Å². The SMILES string of the molecule is CNC(=O)Cn1nnc(CO)c1-c1ccc(C)c(C)c1. The van der Waals surface area contributed by atoms with Crippen molar-refractivity contribution >= 4 is 5.91 Å². The van der Waals surface area contributed by atoms with Gasteiger partial charge in [-0.25, -0.2) is 4.68 Å². The van der Waals surface area contributed by atoms with E-state index in [9.17, 15) is 9.90 Å². The summed E-state index contributed by atoms with van der Waals surface area (Å²) in [5, 5.41) is 19.8. The van der Waals surface area contributed by atoms with Crippen LogP contribution < -0.4 is 5.32 Å². The molecular weight excluding hydrogens is 256 g/mol. The smallest absolute Gasteiger partial charge is 0.241 e. The van der Waals surface area contributed by atoms with E-state index in [1.54, 1.807) is 7.05 Å². The van der Waals surface area contributed by atoms with E-state index in [0.717, 1.165) is 11.1 Å². The molecule has 0 radical (unpaired) electrons. The molecule has 0 aliphatic rings. The van der Waals surface area contributed by atoms with Crippen molar-refractivity contribution in [3.63, 3.8) is 0 Å². The minimum Gasteiger partial charge on any atom is -0.390 e. The second-order valence-corrected chi connectivity index (χ2v) is 4.67. The van der Waals surface area contributed by atoms with Gasteiger partial charge in [-0.15, -0.1) is 5.10 Å². The molecule has 2 aromatic rings. The minimum absolute atomic E-state index is 0.0752. The zero-order chi connectivity index (χ0) is 14.7. The van der Waals surface area contributed by atoms with Crippen molar-refractivity contribution in [3.8, 4) is 11.3 Å². The quantitative estimate of drug-likeness (QED) is 0.864. The first-order chi connectivity index (χ1) is 9.56. The van der Waals surface area contributed by atoms with Gasteiger partial charge in [-0.2, -0.15) is 0 Å². The lowest BCUT2D eigenvalue weighted by molar-refractivity contribution is -0.121. The Morgan fingerprint density at radius 1 is 1.35 bits per heavy atom. The van der Waals surface area contributed by atoms with E-state index in [1.165, 1.54) is 10.2 Å². The maximum atomic E-state index is 11.5. The first kappa shape index (κ1) is 14.2. The van der Waals surface area contributed by atoms with E-state index >= 15 is 0 Å². The van der Waals surface area contributed by atoms with Gasteiger partial charge < -0.3 is 10.4 Å². The third kappa shape index (κ3) is 2.70. The number of aryl methyl sites for hydroxylation is 2. The molecule has 106 valence electrons. The summed E-state index contributed by atoms with van der Waals surface area (Å²) in [6.45, 7) is 3.91. The Balaban J connectivity index is 2.49. The Morgan fingerprint density at radius 3 is 2.70 bits per heavy atom. The fourth-order valence-corrected chi connectivity index (χ4v) is 1.99. The van der Waals surface area contributed by atoms with Crippen LogP contribution in [0.25, 0.3) is 11.3 Å². The first-order valence-electron chi connectivity index (χ1n) is 6.38. The van der Waals surface area contributed by atoms with Gasteiger partial charge in [-0.1, -0.05) is 17.3 Å². The van der Waals surface area contributed by atoms with E-state index in [1.807, 2.05) is 32.0 Å². The minimum atomic E-state index is -0.212. The van der Waals surface area contributed by atoms with Gasteiger partial charge in [0, 0.05) is 12.6 Å². The average Bonchev–Trinajstić information content (AvgIpc) is 2.84. The van der Waals surface area contributed by atoms with Crippen molar-refractivity contribution in [2.24, 2.45) is 0 Å². The summed E-state index contributed by atoms with van der Waals surface area (Å²) >= 11 is 0. The number of hydrogen-bond acceptors (Lipinski definition) is 4. The van der Waals surface area contributed by atoms with Crippen LogP contribution in [0.15, 0.2) is 18.2 Å². The molecule has 0 aliphatic carbocycles. The van der Waals surface area contributed by atoms with Gasteiger partial charge in [-0.05, 0) is 31.0 Å². The largest absolute Gasteiger partial charge is 0.390 e. The van der Waals surface area contributed by atoms with Gasteiger partial charge in [0.15, 0.2) is 0 Å². The molecule has 0 aliphatic heterocycles. The highest BCUT2D eigenvalue weighted by Gasteiger charge is 2.16. The van der Waals surface area contributed by atoms with E-state index in [0.29, 0.717) is 11.4 Å². The molecular formula is C14H18N4O2. The molecule has 0 saturated heterocycles. The number of aromatic nitrogens is 3. The van der Waals surface area contributed by atoms with Crippen molar-refractivity contribution in [3.05, 3.63) is 35.0 Å². The van der Waals surface area contributed by atoms with Gasteiger partial charge in [0.25, 0.3) is 0 Å². The summed E-state index contributed by atoms with van der Waals surface area (Å²) in [7, 11) is 1.57. The molecule has 1 amide bonds. The molecule has 0 bridgehead atoms. The summed E-state index contributed by atoms with van der Waals surface area (Å²) in [4.78, 5) is 11.5. The highest BCUT2D eigenvalue weighted by atomic mass is 16.3. The summed E-state index contributed by atoms with van der Waals surface area (Å²) in [5.74, 6) is -0.163. The third-order valence-corrected chi connectivity index (χ3v) is 3.31. The lowest BCUT2D eigenvalue weighted by Crippen LogP contribution is -2.24. The number of benzene rings is 1. The summed E-state index contributed by atoms with van der Waals surface area (Å²) in [6, 6.07) is 5.96. The number of nitrogens with one attached hydrogen (secondary N) is 1. The normalized spacial score (nSPS) is 10.6. The van der Waals surface area contributed by atoms with Gasteiger partial charge in [-0.3, -0.25) is 4.79 Å². The number of aliphatic hydroxyl groups is 1. The summed E-state index contributed by atoms with van der Waals surface area (Å²) in [6.07, 6.45) is 0. The molecule has 2 N–H and O–H groups in total. The van der Waals surface area contributed by atoms with Crippen molar-refractivity contribution in [2.45, 2.75) is 27.0 Å². The van der Waals surface area contributed by atoms with E-state index in [2.05, 4.69) is 15.6 Å². The van der Waals surface area contributed by atoms with Crippen LogP contribution >= 0.6 is 0 Å². The molecule has 6 nitrogen and oxygen atoms in total. The second kappa shape index (κ2) is 5.83. The number of carbonyl (C=O) groups is 1. The highest BCUT2D eigenvalue weighted by Crippen LogP contribution is 2.24. The number of nitrogens with zero attached hydrogens (tertiary/aromatic N) is 3. The molecule has 0 unspecified atom stereocenters. The number of hydrogen-bond donors (Lipinski definition) is 2. The fraction of sp³-hybridized carbons (Fsp3) is 0.357. The zero-order valence-corrected chi connectivity index (χ0v) is 11.8. The maximum absolute atomic E-state index is 11.5. The number of rotatable bonds is 4. The lowest BCUT2D eigenvalue weighted by Gasteiger charge is -2.09. The molecule has 0 fully saturated rings. The first-order valence-corrected chi connectivity index (χ1v) is 6.38. The molecule has 0 saturated carbocycles. The number of carbonyl (C=O) groups excluding carboxylic acids is 1. The summed E-state index contributed by atoms with van der Waals surface area (Å²) < 4.78 is 1.51. The van der Waals surface area contributed by atoms with E-state index in [4.69, 9.17) is 0 Å². The van der Waals surface area contributed by atoms with E-state index in [-0.39, 0.29) is 19.1 Å². The molecule has 1 aromatic heterocycles. The van der Waals surface area contributed by atoms with Gasteiger partial charge in [0.2, 0.25) is 5.91 Å². The highest BCUT2D eigenvalue weighted by molar-refractivity contribution is 5.76. The number of aliphatic hydroxyl groups excluding tert-OH is 1. The maximum Gasteiger partial charge on any atom is 0.241 e. The predicted octanol–water partition coefficient (Wildman–Crippen LogP) is 0.800. The molecule has 1 aromatic carbocycles. The van der Waals surface area contributed by atoms with Crippen molar-refractivity contribution in [1.82, 2.24) is 20.3 Å². The fourth-order valence-electron chi connectivity index (χ4n) is 1.99. The molecule has 6 heteroatoms. The molecule has 0 atom stereocenters. The van der Waals surface area contributed by atoms with Crippen LogP contribution in [-0.4, -0.2) is 33.1 Å².